The van der Waals surface area contributed by atoms with E-state index in [0.717, 1.165) is 36.1 Å². The summed E-state index contributed by atoms with van der Waals surface area (Å²) in [6.45, 7) is 4.50. The van der Waals surface area contributed by atoms with Gasteiger partial charge < -0.3 is 10.2 Å². The third kappa shape index (κ3) is 3.84. The van der Waals surface area contributed by atoms with E-state index in [0.29, 0.717) is 6.04 Å². The van der Waals surface area contributed by atoms with Crippen molar-refractivity contribution in [3.05, 3.63) is 42.1 Å². The van der Waals surface area contributed by atoms with Crippen LogP contribution in [0.25, 0.3) is 10.9 Å². The number of nitrogens with zero attached hydrogens (tertiary/aromatic N) is 2. The molecule has 1 aromatic heterocycles. The number of fused-ring (bicyclic) bond motifs is 1. The van der Waals surface area contributed by atoms with Crippen LogP contribution in [0.4, 0.5) is 0 Å². The van der Waals surface area contributed by atoms with Crippen molar-refractivity contribution in [1.29, 1.82) is 0 Å². The molecular weight excluding hydrogens is 309 g/mol. The van der Waals surface area contributed by atoms with Crippen LogP contribution in [0.2, 0.25) is 0 Å². The van der Waals surface area contributed by atoms with Crippen molar-refractivity contribution in [3.8, 4) is 0 Å². The first kappa shape index (κ1) is 17.7. The number of pyridine rings is 1. The fraction of sp³-hybridized carbons (Fsp3) is 0.333. The summed E-state index contributed by atoms with van der Waals surface area (Å²) in [6, 6.07) is 9.94. The first-order chi connectivity index (χ1) is 9.24. The Hall–Kier alpha value is -1.36. The zero-order chi connectivity index (χ0) is 13.2. The topological polar surface area (TPSA) is 45.2 Å². The molecule has 1 saturated heterocycles. The molecule has 6 heteroatoms. The number of halogens is 2. The molecule has 0 unspecified atom stereocenters. The molecule has 0 aliphatic carbocycles. The SMILES string of the molecule is C[C@H]1CN(C(=O)c2ccc3ncccc3c2)CCN1.Cl.Cl. The summed E-state index contributed by atoms with van der Waals surface area (Å²) in [7, 11) is 0. The number of nitrogens with one attached hydrogen (secondary N) is 1. The fourth-order valence-corrected chi connectivity index (χ4v) is 2.51. The van der Waals surface area contributed by atoms with Gasteiger partial charge in [-0.1, -0.05) is 6.07 Å². The van der Waals surface area contributed by atoms with Gasteiger partial charge in [0, 0.05) is 42.8 Å². The average molecular weight is 328 g/mol. The van der Waals surface area contributed by atoms with Crippen molar-refractivity contribution in [2.45, 2.75) is 13.0 Å². The molecule has 0 saturated carbocycles. The van der Waals surface area contributed by atoms with Crippen LogP contribution in [0, 0.1) is 0 Å². The van der Waals surface area contributed by atoms with E-state index in [1.54, 1.807) is 6.20 Å². The van der Waals surface area contributed by atoms with Gasteiger partial charge in [-0.25, -0.2) is 0 Å². The minimum absolute atomic E-state index is 0. The Bertz CT molecular complexity index is 621. The van der Waals surface area contributed by atoms with E-state index in [-0.39, 0.29) is 30.7 Å². The van der Waals surface area contributed by atoms with E-state index in [2.05, 4.69) is 17.2 Å². The molecule has 1 fully saturated rings. The largest absolute Gasteiger partial charge is 0.336 e. The predicted octanol–water partition coefficient (Wildman–Crippen LogP) is 2.51. The van der Waals surface area contributed by atoms with E-state index >= 15 is 0 Å². The third-order valence-electron chi connectivity index (χ3n) is 3.51. The van der Waals surface area contributed by atoms with Gasteiger partial charge in [0.1, 0.15) is 0 Å². The monoisotopic (exact) mass is 327 g/mol. The second-order valence-electron chi connectivity index (χ2n) is 5.02. The maximum absolute atomic E-state index is 12.5. The Morgan fingerprint density at radius 1 is 1.33 bits per heavy atom. The lowest BCUT2D eigenvalue weighted by Gasteiger charge is -2.32. The zero-order valence-corrected chi connectivity index (χ0v) is 13.4. The number of piperazine rings is 1. The lowest BCUT2D eigenvalue weighted by molar-refractivity contribution is 0.0709. The molecule has 21 heavy (non-hydrogen) atoms. The molecule has 4 nitrogen and oxygen atoms in total. The van der Waals surface area contributed by atoms with Gasteiger partial charge in [0.25, 0.3) is 5.91 Å². The van der Waals surface area contributed by atoms with E-state index < -0.39 is 0 Å². The number of benzene rings is 1. The summed E-state index contributed by atoms with van der Waals surface area (Å²) in [5, 5.41) is 4.35. The molecule has 2 heterocycles. The highest BCUT2D eigenvalue weighted by atomic mass is 35.5. The summed E-state index contributed by atoms with van der Waals surface area (Å²) in [6.07, 6.45) is 1.77. The van der Waals surface area contributed by atoms with Crippen molar-refractivity contribution in [3.63, 3.8) is 0 Å². The third-order valence-corrected chi connectivity index (χ3v) is 3.51. The van der Waals surface area contributed by atoms with E-state index in [9.17, 15) is 4.79 Å². The fourth-order valence-electron chi connectivity index (χ4n) is 2.51. The molecule has 2 aromatic rings. The smallest absolute Gasteiger partial charge is 0.253 e. The predicted molar refractivity (Wildman–Crippen MR) is 89.6 cm³/mol. The number of amides is 1. The van der Waals surface area contributed by atoms with E-state index in [4.69, 9.17) is 0 Å². The Morgan fingerprint density at radius 2 is 2.14 bits per heavy atom. The highest BCUT2D eigenvalue weighted by Gasteiger charge is 2.21. The molecule has 1 atom stereocenters. The van der Waals surface area contributed by atoms with Crippen LogP contribution < -0.4 is 5.32 Å². The molecule has 1 aliphatic rings. The molecule has 1 N–H and O–H groups in total. The van der Waals surface area contributed by atoms with Gasteiger partial charge in [-0.05, 0) is 31.2 Å². The highest BCUT2D eigenvalue weighted by molar-refractivity contribution is 5.98. The van der Waals surface area contributed by atoms with Gasteiger partial charge in [-0.15, -0.1) is 24.8 Å². The molecule has 0 spiro atoms. The lowest BCUT2D eigenvalue weighted by Crippen LogP contribution is -2.51. The Balaban J connectivity index is 0.00000110. The van der Waals surface area contributed by atoms with Crippen LogP contribution in [0.1, 0.15) is 17.3 Å². The molecule has 1 aliphatic heterocycles. The number of aromatic nitrogens is 1. The normalized spacial score (nSPS) is 17.8. The molecule has 1 amide bonds. The van der Waals surface area contributed by atoms with Crippen molar-refractivity contribution < 1.29 is 4.79 Å². The zero-order valence-electron chi connectivity index (χ0n) is 11.8. The van der Waals surface area contributed by atoms with Gasteiger partial charge in [-0.3, -0.25) is 9.78 Å². The van der Waals surface area contributed by atoms with Gasteiger partial charge in [0.05, 0.1) is 5.52 Å². The quantitative estimate of drug-likeness (QED) is 0.875. The van der Waals surface area contributed by atoms with E-state index in [1.165, 1.54) is 0 Å². The van der Waals surface area contributed by atoms with Gasteiger partial charge in [0.15, 0.2) is 0 Å². The maximum Gasteiger partial charge on any atom is 0.253 e. The van der Waals surface area contributed by atoms with Crippen molar-refractivity contribution in [2.75, 3.05) is 19.6 Å². The van der Waals surface area contributed by atoms with Crippen LogP contribution in [-0.2, 0) is 0 Å². The average Bonchev–Trinajstić information content (AvgIpc) is 2.46. The van der Waals surface area contributed by atoms with Gasteiger partial charge >= 0.3 is 0 Å². The van der Waals surface area contributed by atoms with Crippen LogP contribution in [0.3, 0.4) is 0 Å². The first-order valence-corrected chi connectivity index (χ1v) is 6.61. The van der Waals surface area contributed by atoms with Crippen LogP contribution >= 0.6 is 24.8 Å². The number of carbonyl (C=O) groups is 1. The minimum Gasteiger partial charge on any atom is -0.336 e. The Labute approximate surface area is 136 Å². The van der Waals surface area contributed by atoms with Crippen molar-refractivity contribution in [1.82, 2.24) is 15.2 Å². The molecule has 0 radical (unpaired) electrons. The molecule has 114 valence electrons. The molecular formula is C15H19Cl2N3O. The van der Waals surface area contributed by atoms with Crippen LogP contribution in [0.15, 0.2) is 36.5 Å². The summed E-state index contributed by atoms with van der Waals surface area (Å²) in [5.41, 5.74) is 1.67. The second-order valence-corrected chi connectivity index (χ2v) is 5.02. The van der Waals surface area contributed by atoms with Crippen molar-refractivity contribution in [2.24, 2.45) is 0 Å². The summed E-state index contributed by atoms with van der Waals surface area (Å²) < 4.78 is 0. The Kier molecular flexibility index (Phi) is 6.40. The van der Waals surface area contributed by atoms with Gasteiger partial charge in [-0.2, -0.15) is 0 Å². The number of hydrogen-bond donors (Lipinski definition) is 1. The molecule has 0 bridgehead atoms. The first-order valence-electron chi connectivity index (χ1n) is 6.61. The summed E-state index contributed by atoms with van der Waals surface area (Å²) in [5.74, 6) is 0.110. The standard InChI is InChI=1S/C15H17N3O.2ClH/c1-11-10-18(8-7-16-11)15(19)13-4-5-14-12(9-13)3-2-6-17-14;;/h2-6,9,11,16H,7-8,10H2,1H3;2*1H/t11-;;/m0../s1. The van der Waals surface area contributed by atoms with Gasteiger partial charge in [0.2, 0.25) is 0 Å². The number of rotatable bonds is 1. The molecule has 1 aromatic carbocycles. The second kappa shape index (κ2) is 7.59. The lowest BCUT2D eigenvalue weighted by atomic mass is 10.1. The summed E-state index contributed by atoms with van der Waals surface area (Å²) in [4.78, 5) is 18.7. The number of carbonyl (C=O) groups excluding carboxylic acids is 1. The van der Waals surface area contributed by atoms with Crippen LogP contribution in [-0.4, -0.2) is 41.5 Å². The summed E-state index contributed by atoms with van der Waals surface area (Å²) >= 11 is 0. The van der Waals surface area contributed by atoms with E-state index in [1.807, 2.05) is 35.2 Å². The Morgan fingerprint density at radius 3 is 2.90 bits per heavy atom. The maximum atomic E-state index is 12.5. The highest BCUT2D eigenvalue weighted by Crippen LogP contribution is 2.15. The molecule has 3 rings (SSSR count). The van der Waals surface area contributed by atoms with Crippen molar-refractivity contribution >= 4 is 41.6 Å². The van der Waals surface area contributed by atoms with Crippen LogP contribution in [0.5, 0.6) is 0 Å². The number of hydrogen-bond acceptors (Lipinski definition) is 3. The minimum atomic E-state index is 0.